The Kier molecular flexibility index (Phi) is 1.97. The zero-order valence-electron chi connectivity index (χ0n) is 7.29. The molecule has 2 unspecified atom stereocenters. The van der Waals surface area contributed by atoms with E-state index < -0.39 is 5.60 Å². The van der Waals surface area contributed by atoms with Crippen LogP contribution in [0, 0.1) is 5.92 Å². The fraction of sp³-hybridized carbons (Fsp3) is 0.800. The normalized spacial score (nSPS) is 40.8. The minimum Gasteiger partial charge on any atom is -0.393 e. The molecule has 0 aromatic heterocycles. The first-order valence-electron chi connectivity index (χ1n) is 4.80. The Morgan fingerprint density at radius 1 is 1.50 bits per heavy atom. The van der Waals surface area contributed by atoms with Crippen LogP contribution in [0.15, 0.2) is 11.6 Å². The summed E-state index contributed by atoms with van der Waals surface area (Å²) < 4.78 is 0. The van der Waals surface area contributed by atoms with E-state index in [1.54, 1.807) is 0 Å². The minimum atomic E-state index is -0.862. The summed E-state index contributed by atoms with van der Waals surface area (Å²) in [6.07, 6.45) is 7.39. The molecular formula is C10H16O2. The van der Waals surface area contributed by atoms with Gasteiger partial charge in [0.1, 0.15) is 5.60 Å². The zero-order valence-corrected chi connectivity index (χ0v) is 7.29. The van der Waals surface area contributed by atoms with Crippen molar-refractivity contribution in [1.82, 2.24) is 0 Å². The molecule has 1 saturated carbocycles. The first-order valence-corrected chi connectivity index (χ1v) is 4.80. The minimum absolute atomic E-state index is 0.102. The fourth-order valence-electron chi connectivity index (χ4n) is 2.59. The number of allylic oxidation sites excluding steroid dienone is 1. The summed E-state index contributed by atoms with van der Waals surface area (Å²) in [5.74, 6) is 0.566. The molecule has 12 heavy (non-hydrogen) atoms. The monoisotopic (exact) mass is 168 g/mol. The standard InChI is InChI=1S/C10H16O2/c11-7-10(12)6-2-4-8-3-1-5-9(8)10/h5,8,11-12H,1-4,6-7H2. The smallest absolute Gasteiger partial charge is 0.109 e. The maximum Gasteiger partial charge on any atom is 0.109 e. The molecule has 2 heteroatoms. The van der Waals surface area contributed by atoms with Crippen LogP contribution in [0.4, 0.5) is 0 Å². The van der Waals surface area contributed by atoms with E-state index in [0.29, 0.717) is 5.92 Å². The molecule has 0 heterocycles. The number of hydrogen-bond acceptors (Lipinski definition) is 2. The van der Waals surface area contributed by atoms with Crippen molar-refractivity contribution in [3.8, 4) is 0 Å². The van der Waals surface area contributed by atoms with Gasteiger partial charge in [-0.15, -0.1) is 0 Å². The van der Waals surface area contributed by atoms with Crippen molar-refractivity contribution in [2.45, 2.75) is 37.7 Å². The topological polar surface area (TPSA) is 40.5 Å². The molecule has 1 fully saturated rings. The predicted octanol–water partition coefficient (Wildman–Crippen LogP) is 1.23. The van der Waals surface area contributed by atoms with Crippen molar-refractivity contribution in [3.63, 3.8) is 0 Å². The number of aliphatic hydroxyl groups is 2. The summed E-state index contributed by atoms with van der Waals surface area (Å²) >= 11 is 0. The van der Waals surface area contributed by atoms with Crippen LogP contribution in [-0.2, 0) is 0 Å². The second kappa shape index (κ2) is 2.86. The van der Waals surface area contributed by atoms with Crippen molar-refractivity contribution in [2.75, 3.05) is 6.61 Å². The molecular weight excluding hydrogens is 152 g/mol. The van der Waals surface area contributed by atoms with Gasteiger partial charge in [-0.3, -0.25) is 0 Å². The second-order valence-electron chi connectivity index (χ2n) is 4.02. The Morgan fingerprint density at radius 2 is 2.33 bits per heavy atom. The van der Waals surface area contributed by atoms with Crippen molar-refractivity contribution >= 4 is 0 Å². The van der Waals surface area contributed by atoms with Crippen molar-refractivity contribution in [2.24, 2.45) is 5.92 Å². The molecule has 2 aliphatic rings. The van der Waals surface area contributed by atoms with Crippen LogP contribution >= 0.6 is 0 Å². The van der Waals surface area contributed by atoms with Crippen LogP contribution in [0.5, 0.6) is 0 Å². The molecule has 2 nitrogen and oxygen atoms in total. The highest BCUT2D eigenvalue weighted by Gasteiger charge is 2.40. The maximum atomic E-state index is 10.0. The Morgan fingerprint density at radius 3 is 3.08 bits per heavy atom. The number of fused-ring (bicyclic) bond motifs is 1. The average Bonchev–Trinajstić information content (AvgIpc) is 2.54. The summed E-state index contributed by atoms with van der Waals surface area (Å²) in [4.78, 5) is 0. The third-order valence-corrected chi connectivity index (χ3v) is 3.26. The third kappa shape index (κ3) is 1.10. The van der Waals surface area contributed by atoms with Gasteiger partial charge < -0.3 is 10.2 Å². The summed E-state index contributed by atoms with van der Waals surface area (Å²) in [6, 6.07) is 0. The van der Waals surface area contributed by atoms with Crippen molar-refractivity contribution in [1.29, 1.82) is 0 Å². The SMILES string of the molecule is OCC1(O)CCCC2CCC=C21. The van der Waals surface area contributed by atoms with E-state index in [2.05, 4.69) is 6.08 Å². The summed E-state index contributed by atoms with van der Waals surface area (Å²) in [5, 5.41) is 19.1. The molecule has 0 saturated heterocycles. The fourth-order valence-corrected chi connectivity index (χ4v) is 2.59. The Balaban J connectivity index is 2.23. The van der Waals surface area contributed by atoms with Crippen LogP contribution < -0.4 is 0 Å². The van der Waals surface area contributed by atoms with E-state index in [1.807, 2.05) is 0 Å². The van der Waals surface area contributed by atoms with Crippen LogP contribution in [0.25, 0.3) is 0 Å². The summed E-state index contributed by atoms with van der Waals surface area (Å²) in [5.41, 5.74) is 0.260. The van der Waals surface area contributed by atoms with Crippen LogP contribution in [0.2, 0.25) is 0 Å². The van der Waals surface area contributed by atoms with E-state index in [-0.39, 0.29) is 6.61 Å². The summed E-state index contributed by atoms with van der Waals surface area (Å²) in [7, 11) is 0. The van der Waals surface area contributed by atoms with Gasteiger partial charge in [0.05, 0.1) is 6.61 Å². The highest BCUT2D eigenvalue weighted by Crippen LogP contribution is 2.43. The summed E-state index contributed by atoms with van der Waals surface area (Å²) in [6.45, 7) is -0.102. The van der Waals surface area contributed by atoms with Gasteiger partial charge in [0.15, 0.2) is 0 Å². The molecule has 68 valence electrons. The highest BCUT2D eigenvalue weighted by atomic mass is 16.3. The van der Waals surface area contributed by atoms with Crippen LogP contribution in [0.3, 0.4) is 0 Å². The van der Waals surface area contributed by atoms with Crippen molar-refractivity contribution < 1.29 is 10.2 Å². The first kappa shape index (κ1) is 8.27. The molecule has 2 N–H and O–H groups in total. The molecule has 2 aliphatic carbocycles. The molecule has 2 atom stereocenters. The van der Waals surface area contributed by atoms with Gasteiger partial charge in [-0.1, -0.05) is 6.08 Å². The lowest BCUT2D eigenvalue weighted by Gasteiger charge is -2.36. The van der Waals surface area contributed by atoms with E-state index in [9.17, 15) is 5.11 Å². The third-order valence-electron chi connectivity index (χ3n) is 3.26. The molecule has 0 aromatic rings. The largest absolute Gasteiger partial charge is 0.393 e. The van der Waals surface area contributed by atoms with Gasteiger partial charge in [-0.05, 0) is 43.6 Å². The lowest BCUT2D eigenvalue weighted by atomic mass is 9.75. The van der Waals surface area contributed by atoms with Crippen LogP contribution in [-0.4, -0.2) is 22.4 Å². The molecule has 0 radical (unpaired) electrons. The quantitative estimate of drug-likeness (QED) is 0.578. The first-order chi connectivity index (χ1) is 5.76. The Labute approximate surface area is 72.9 Å². The molecule has 0 amide bonds. The van der Waals surface area contributed by atoms with Gasteiger partial charge in [0.2, 0.25) is 0 Å². The Hall–Kier alpha value is -0.340. The molecule has 0 aromatic carbocycles. The molecule has 2 rings (SSSR count). The number of aliphatic hydroxyl groups excluding tert-OH is 1. The van der Waals surface area contributed by atoms with E-state index in [1.165, 1.54) is 12.8 Å². The predicted molar refractivity (Wildman–Crippen MR) is 46.7 cm³/mol. The zero-order chi connectivity index (χ0) is 8.60. The van der Waals surface area contributed by atoms with Gasteiger partial charge in [-0.2, -0.15) is 0 Å². The van der Waals surface area contributed by atoms with Gasteiger partial charge in [-0.25, -0.2) is 0 Å². The van der Waals surface area contributed by atoms with E-state index in [0.717, 1.165) is 24.8 Å². The van der Waals surface area contributed by atoms with E-state index >= 15 is 0 Å². The van der Waals surface area contributed by atoms with Crippen LogP contribution in [0.1, 0.15) is 32.1 Å². The lowest BCUT2D eigenvalue weighted by Crippen LogP contribution is -2.40. The number of hydrogen-bond donors (Lipinski definition) is 2. The highest BCUT2D eigenvalue weighted by molar-refractivity contribution is 5.26. The van der Waals surface area contributed by atoms with Crippen molar-refractivity contribution in [3.05, 3.63) is 11.6 Å². The molecule has 0 bridgehead atoms. The number of rotatable bonds is 1. The van der Waals surface area contributed by atoms with Gasteiger partial charge in [0.25, 0.3) is 0 Å². The average molecular weight is 168 g/mol. The maximum absolute atomic E-state index is 10.0. The van der Waals surface area contributed by atoms with Gasteiger partial charge >= 0.3 is 0 Å². The van der Waals surface area contributed by atoms with Gasteiger partial charge in [0, 0.05) is 0 Å². The lowest BCUT2D eigenvalue weighted by molar-refractivity contribution is -0.0102. The van der Waals surface area contributed by atoms with E-state index in [4.69, 9.17) is 5.11 Å². The Bertz CT molecular complexity index is 210. The second-order valence-corrected chi connectivity index (χ2v) is 4.02. The molecule has 0 aliphatic heterocycles. The molecule has 0 spiro atoms.